The molecule has 0 aliphatic rings. The van der Waals surface area contributed by atoms with Crippen molar-refractivity contribution in [2.45, 2.75) is 26.3 Å². The van der Waals surface area contributed by atoms with Crippen molar-refractivity contribution in [2.24, 2.45) is 5.11 Å². The van der Waals surface area contributed by atoms with Gasteiger partial charge in [0.2, 0.25) is 0 Å². The third-order valence-electron chi connectivity index (χ3n) is 4.73. The lowest BCUT2D eigenvalue weighted by atomic mass is 10.1. The highest BCUT2D eigenvalue weighted by Gasteiger charge is 2.15. The fourth-order valence-corrected chi connectivity index (χ4v) is 3.51. The van der Waals surface area contributed by atoms with Crippen molar-refractivity contribution in [1.29, 1.82) is 0 Å². The number of para-hydroxylation sites is 1. The van der Waals surface area contributed by atoms with E-state index in [-0.39, 0.29) is 13.2 Å². The first-order chi connectivity index (χ1) is 15.7. The predicted octanol–water partition coefficient (Wildman–Crippen LogP) is 4.65. The molecule has 10 heteroatoms. The minimum Gasteiger partial charge on any atom is -0.445 e. The Morgan fingerprint density at radius 2 is 2.09 bits per heavy atom. The molecule has 1 amide bonds. The summed E-state index contributed by atoms with van der Waals surface area (Å²) in [5.41, 5.74) is 12.2. The molecule has 1 aromatic heterocycles. The Bertz CT molecular complexity index is 1070. The number of carbonyl (C=O) groups is 1. The highest BCUT2D eigenvalue weighted by molar-refractivity contribution is 7.98. The number of carbonyl (C=O) groups excluding carboxylic acids is 1. The number of nitrogens with zero attached hydrogens (tertiary/aromatic N) is 5. The number of nitrogens with one attached hydrogen (secondary N) is 1. The lowest BCUT2D eigenvalue weighted by Crippen LogP contribution is -2.25. The zero-order valence-corrected chi connectivity index (χ0v) is 18.8. The zero-order valence-electron chi connectivity index (χ0n) is 17.9. The van der Waals surface area contributed by atoms with E-state index in [4.69, 9.17) is 20.0 Å². The highest BCUT2D eigenvalue weighted by atomic mass is 32.2. The Morgan fingerprint density at radius 1 is 1.25 bits per heavy atom. The number of imidazole rings is 1. The standard InChI is InChI=1S/C22H26N6O3S/c1-32-13-12-30-16-28-20(14-24-22(29)31-15-17-6-3-2-4-7-17)26-19-9-5-8-18(21(19)28)10-11-25-27-23/h2-9H,10-16H2,1H3,(H,24,29). The monoisotopic (exact) mass is 454 g/mol. The number of alkyl carbamates (subject to hydrolysis) is 1. The Balaban J connectivity index is 1.74. The minimum absolute atomic E-state index is 0.198. The van der Waals surface area contributed by atoms with E-state index in [1.165, 1.54) is 0 Å². The number of thioether (sulfide) groups is 1. The van der Waals surface area contributed by atoms with Crippen molar-refractivity contribution in [3.63, 3.8) is 0 Å². The summed E-state index contributed by atoms with van der Waals surface area (Å²) in [6.07, 6.45) is 2.10. The van der Waals surface area contributed by atoms with Gasteiger partial charge in [-0.15, -0.1) is 0 Å². The van der Waals surface area contributed by atoms with Gasteiger partial charge in [0.05, 0.1) is 24.2 Å². The first kappa shape index (κ1) is 23.5. The summed E-state index contributed by atoms with van der Waals surface area (Å²) in [4.78, 5) is 19.7. The predicted molar refractivity (Wildman–Crippen MR) is 125 cm³/mol. The molecule has 9 nitrogen and oxygen atoms in total. The summed E-state index contributed by atoms with van der Waals surface area (Å²) in [7, 11) is 0. The number of hydrogen-bond donors (Lipinski definition) is 1. The number of benzene rings is 2. The van der Waals surface area contributed by atoms with Crippen LogP contribution in [0.1, 0.15) is 17.0 Å². The third-order valence-corrected chi connectivity index (χ3v) is 5.30. The Hall–Kier alpha value is -3.20. The number of ether oxygens (including phenoxy) is 2. The molecule has 0 aliphatic heterocycles. The molecule has 0 spiro atoms. The normalized spacial score (nSPS) is 10.7. The molecule has 0 saturated heterocycles. The van der Waals surface area contributed by atoms with Gasteiger partial charge >= 0.3 is 6.09 Å². The maximum absolute atomic E-state index is 12.2. The van der Waals surface area contributed by atoms with Gasteiger partial charge in [-0.25, -0.2) is 9.78 Å². The largest absolute Gasteiger partial charge is 0.445 e. The van der Waals surface area contributed by atoms with Gasteiger partial charge in [-0.05, 0) is 35.4 Å². The van der Waals surface area contributed by atoms with Crippen LogP contribution in [0.25, 0.3) is 21.5 Å². The van der Waals surface area contributed by atoms with E-state index in [0.29, 0.717) is 32.1 Å². The Kier molecular flexibility index (Phi) is 9.24. The van der Waals surface area contributed by atoms with Crippen LogP contribution >= 0.6 is 11.8 Å². The number of rotatable bonds is 12. The number of azide groups is 1. The molecule has 0 bridgehead atoms. The van der Waals surface area contributed by atoms with Crippen molar-refractivity contribution in [1.82, 2.24) is 14.9 Å². The summed E-state index contributed by atoms with van der Waals surface area (Å²) < 4.78 is 13.1. The summed E-state index contributed by atoms with van der Waals surface area (Å²) in [6, 6.07) is 15.3. The molecule has 0 saturated carbocycles. The molecule has 0 unspecified atom stereocenters. The molecular formula is C22H26N6O3S. The van der Waals surface area contributed by atoms with E-state index in [1.54, 1.807) is 11.8 Å². The van der Waals surface area contributed by atoms with Crippen molar-refractivity contribution in [3.05, 3.63) is 75.9 Å². The van der Waals surface area contributed by atoms with Gasteiger partial charge in [-0.3, -0.25) is 0 Å². The number of aromatic nitrogens is 2. The van der Waals surface area contributed by atoms with Gasteiger partial charge in [0, 0.05) is 17.2 Å². The van der Waals surface area contributed by atoms with E-state index in [1.807, 2.05) is 59.4 Å². The zero-order chi connectivity index (χ0) is 22.6. The third kappa shape index (κ3) is 6.65. The van der Waals surface area contributed by atoms with Gasteiger partial charge in [-0.1, -0.05) is 47.6 Å². The SMILES string of the molecule is CSCCOCn1c(CNC(=O)OCc2ccccc2)nc2cccc(CCN=[N+]=[N-])c21. The molecule has 2 aromatic carbocycles. The first-order valence-corrected chi connectivity index (χ1v) is 11.6. The smallest absolute Gasteiger partial charge is 0.407 e. The molecule has 0 atom stereocenters. The lowest BCUT2D eigenvalue weighted by molar-refractivity contribution is 0.0899. The topological polar surface area (TPSA) is 114 Å². The van der Waals surface area contributed by atoms with E-state index >= 15 is 0 Å². The van der Waals surface area contributed by atoms with E-state index in [2.05, 4.69) is 15.3 Å². The molecule has 1 N–H and O–H groups in total. The van der Waals surface area contributed by atoms with Crippen molar-refractivity contribution in [2.75, 3.05) is 25.2 Å². The van der Waals surface area contributed by atoms with Gasteiger partial charge in [0.1, 0.15) is 19.2 Å². The summed E-state index contributed by atoms with van der Waals surface area (Å²) in [5, 5.41) is 6.42. The Morgan fingerprint density at radius 3 is 2.88 bits per heavy atom. The molecule has 1 heterocycles. The molecule has 32 heavy (non-hydrogen) atoms. The van der Waals surface area contributed by atoms with Crippen LogP contribution in [0.15, 0.2) is 53.6 Å². The maximum Gasteiger partial charge on any atom is 0.407 e. The highest BCUT2D eigenvalue weighted by Crippen LogP contribution is 2.22. The van der Waals surface area contributed by atoms with Crippen LogP contribution in [0.2, 0.25) is 0 Å². The van der Waals surface area contributed by atoms with Crippen LogP contribution in [0.4, 0.5) is 4.79 Å². The van der Waals surface area contributed by atoms with Crippen molar-refractivity contribution < 1.29 is 14.3 Å². The van der Waals surface area contributed by atoms with Crippen molar-refractivity contribution >= 4 is 28.9 Å². The fraction of sp³-hybridized carbons (Fsp3) is 0.364. The van der Waals surface area contributed by atoms with Crippen molar-refractivity contribution in [3.8, 4) is 0 Å². The summed E-state index contributed by atoms with van der Waals surface area (Å²) >= 11 is 1.71. The number of fused-ring (bicyclic) bond motifs is 1. The lowest BCUT2D eigenvalue weighted by Gasteiger charge is -2.13. The van der Waals surface area contributed by atoms with Gasteiger partial charge in [-0.2, -0.15) is 11.8 Å². The molecular weight excluding hydrogens is 428 g/mol. The molecule has 0 fully saturated rings. The van der Waals surface area contributed by atoms with E-state index in [9.17, 15) is 4.79 Å². The molecule has 168 valence electrons. The molecule has 0 radical (unpaired) electrons. The van der Waals surface area contributed by atoms with Crippen LogP contribution in [-0.4, -0.2) is 40.8 Å². The second-order valence-electron chi connectivity index (χ2n) is 6.89. The first-order valence-electron chi connectivity index (χ1n) is 10.2. The molecule has 0 aliphatic carbocycles. The van der Waals surface area contributed by atoms with Crippen LogP contribution in [0.5, 0.6) is 0 Å². The second-order valence-corrected chi connectivity index (χ2v) is 7.88. The van der Waals surface area contributed by atoms with Crippen LogP contribution in [0.3, 0.4) is 0 Å². The van der Waals surface area contributed by atoms with Gasteiger partial charge in [0.25, 0.3) is 0 Å². The maximum atomic E-state index is 12.2. The molecule has 3 rings (SSSR count). The van der Waals surface area contributed by atoms with E-state index < -0.39 is 6.09 Å². The quantitative estimate of drug-likeness (QED) is 0.185. The Labute approximate surface area is 190 Å². The average Bonchev–Trinajstić information content (AvgIpc) is 3.18. The number of amides is 1. The van der Waals surface area contributed by atoms with Crippen LogP contribution < -0.4 is 5.32 Å². The second kappa shape index (κ2) is 12.6. The molecule has 3 aromatic rings. The van der Waals surface area contributed by atoms with Gasteiger partial charge in [0.15, 0.2) is 0 Å². The van der Waals surface area contributed by atoms with Gasteiger partial charge < -0.3 is 19.4 Å². The number of hydrogen-bond acceptors (Lipinski definition) is 6. The fourth-order valence-electron chi connectivity index (χ4n) is 3.22. The van der Waals surface area contributed by atoms with Crippen LogP contribution in [-0.2, 0) is 35.8 Å². The average molecular weight is 455 g/mol. The van der Waals surface area contributed by atoms with Crippen LogP contribution in [0, 0.1) is 0 Å². The summed E-state index contributed by atoms with van der Waals surface area (Å²) in [6.45, 7) is 1.67. The minimum atomic E-state index is -0.514. The summed E-state index contributed by atoms with van der Waals surface area (Å²) in [5.74, 6) is 1.55. The van der Waals surface area contributed by atoms with E-state index in [0.717, 1.165) is 27.9 Å².